The Morgan fingerprint density at radius 3 is 2.95 bits per heavy atom. The predicted molar refractivity (Wildman–Crippen MR) is 80.3 cm³/mol. The van der Waals surface area contributed by atoms with Crippen molar-refractivity contribution in [3.05, 3.63) is 53.0 Å². The van der Waals surface area contributed by atoms with Crippen LogP contribution >= 0.6 is 0 Å². The van der Waals surface area contributed by atoms with Crippen molar-refractivity contribution in [2.45, 2.75) is 20.3 Å². The van der Waals surface area contributed by atoms with Gasteiger partial charge in [0.15, 0.2) is 0 Å². The van der Waals surface area contributed by atoms with Crippen LogP contribution in [0, 0.1) is 13.8 Å². The smallest absolute Gasteiger partial charge is 0.251 e. The summed E-state index contributed by atoms with van der Waals surface area (Å²) in [6.45, 7) is 4.36. The van der Waals surface area contributed by atoms with E-state index < -0.39 is 0 Å². The molecule has 21 heavy (non-hydrogen) atoms. The van der Waals surface area contributed by atoms with Crippen LogP contribution in [0.1, 0.15) is 27.4 Å². The first-order chi connectivity index (χ1) is 10.2. The molecule has 2 aromatic heterocycles. The van der Waals surface area contributed by atoms with Gasteiger partial charge in [0, 0.05) is 34.8 Å². The van der Waals surface area contributed by atoms with Crippen molar-refractivity contribution in [3.63, 3.8) is 0 Å². The summed E-state index contributed by atoms with van der Waals surface area (Å²) in [6.07, 6.45) is 2.56. The van der Waals surface area contributed by atoms with Gasteiger partial charge in [-0.2, -0.15) is 0 Å². The van der Waals surface area contributed by atoms with Gasteiger partial charge in [-0.1, -0.05) is 11.2 Å². The molecule has 2 N–H and O–H groups in total. The lowest BCUT2D eigenvalue weighted by molar-refractivity contribution is 0.0955. The summed E-state index contributed by atoms with van der Waals surface area (Å²) >= 11 is 0. The summed E-state index contributed by atoms with van der Waals surface area (Å²) in [5.74, 6) is 0.751. The molecule has 1 aromatic carbocycles. The number of hydrogen-bond acceptors (Lipinski definition) is 3. The Bertz CT molecular complexity index is 766. The van der Waals surface area contributed by atoms with Crippen molar-refractivity contribution in [1.82, 2.24) is 15.5 Å². The number of aromatic amines is 1. The second kappa shape index (κ2) is 5.44. The first-order valence-corrected chi connectivity index (χ1v) is 6.93. The lowest BCUT2D eigenvalue weighted by Crippen LogP contribution is -2.26. The molecule has 1 amide bonds. The predicted octanol–water partition coefficient (Wildman–Crippen LogP) is 2.75. The standard InChI is InChI=1S/C16H17N3O2/c1-10-12(11(2)21-19-10)6-9-18-16(20)14-4-3-5-15-13(14)7-8-17-15/h3-5,7-8,17H,6,9H2,1-2H3,(H,18,20). The van der Waals surface area contributed by atoms with Crippen LogP contribution < -0.4 is 5.32 Å². The van der Waals surface area contributed by atoms with Crippen molar-refractivity contribution in [2.75, 3.05) is 6.54 Å². The SMILES string of the molecule is Cc1noc(C)c1CCNC(=O)c1cccc2[nH]ccc12. The van der Waals surface area contributed by atoms with Crippen molar-refractivity contribution >= 4 is 16.8 Å². The fourth-order valence-electron chi connectivity index (χ4n) is 2.54. The minimum atomic E-state index is -0.0630. The average molecular weight is 283 g/mol. The molecule has 108 valence electrons. The van der Waals surface area contributed by atoms with E-state index in [-0.39, 0.29) is 5.91 Å². The molecule has 0 fully saturated rings. The van der Waals surface area contributed by atoms with Crippen LogP contribution in [-0.2, 0) is 6.42 Å². The maximum Gasteiger partial charge on any atom is 0.251 e. The van der Waals surface area contributed by atoms with E-state index in [0.29, 0.717) is 12.1 Å². The zero-order chi connectivity index (χ0) is 14.8. The molecule has 0 aliphatic rings. The number of fused-ring (bicyclic) bond motifs is 1. The van der Waals surface area contributed by atoms with Crippen LogP contribution in [0.4, 0.5) is 0 Å². The molecular formula is C16H17N3O2. The van der Waals surface area contributed by atoms with Crippen LogP contribution in [0.2, 0.25) is 0 Å². The van der Waals surface area contributed by atoms with Crippen molar-refractivity contribution in [1.29, 1.82) is 0 Å². The number of nitrogens with one attached hydrogen (secondary N) is 2. The topological polar surface area (TPSA) is 70.9 Å². The molecule has 3 rings (SSSR count). The highest BCUT2D eigenvalue weighted by atomic mass is 16.5. The molecule has 0 bridgehead atoms. The van der Waals surface area contributed by atoms with Gasteiger partial charge < -0.3 is 14.8 Å². The molecule has 3 aromatic rings. The Balaban J connectivity index is 1.68. The molecular weight excluding hydrogens is 266 g/mol. The lowest BCUT2D eigenvalue weighted by Gasteiger charge is -2.06. The second-order valence-corrected chi connectivity index (χ2v) is 5.05. The highest BCUT2D eigenvalue weighted by Gasteiger charge is 2.12. The molecule has 0 aliphatic heterocycles. The lowest BCUT2D eigenvalue weighted by atomic mass is 10.1. The normalized spacial score (nSPS) is 11.0. The van der Waals surface area contributed by atoms with Gasteiger partial charge in [0.1, 0.15) is 5.76 Å². The number of hydrogen-bond donors (Lipinski definition) is 2. The van der Waals surface area contributed by atoms with E-state index in [0.717, 1.165) is 34.3 Å². The Labute approximate surface area is 122 Å². The van der Waals surface area contributed by atoms with Gasteiger partial charge in [-0.3, -0.25) is 4.79 Å². The van der Waals surface area contributed by atoms with Crippen molar-refractivity contribution in [3.8, 4) is 0 Å². The number of benzene rings is 1. The maximum absolute atomic E-state index is 12.3. The Hall–Kier alpha value is -2.56. The number of carbonyl (C=O) groups is 1. The summed E-state index contributed by atoms with van der Waals surface area (Å²) in [4.78, 5) is 15.4. The molecule has 0 radical (unpaired) electrons. The zero-order valence-corrected chi connectivity index (χ0v) is 12.1. The molecule has 0 aliphatic carbocycles. The number of H-pyrrole nitrogens is 1. The van der Waals surface area contributed by atoms with Gasteiger partial charge in [0.2, 0.25) is 0 Å². The van der Waals surface area contributed by atoms with E-state index in [2.05, 4.69) is 15.5 Å². The molecule has 5 heteroatoms. The van der Waals surface area contributed by atoms with Crippen LogP contribution in [-0.4, -0.2) is 22.6 Å². The number of rotatable bonds is 4. The second-order valence-electron chi connectivity index (χ2n) is 5.05. The third kappa shape index (κ3) is 2.54. The van der Waals surface area contributed by atoms with Crippen LogP contribution in [0.3, 0.4) is 0 Å². The fourth-order valence-corrected chi connectivity index (χ4v) is 2.54. The summed E-state index contributed by atoms with van der Waals surface area (Å²) in [5.41, 5.74) is 3.60. The summed E-state index contributed by atoms with van der Waals surface area (Å²) in [5, 5.41) is 7.80. The van der Waals surface area contributed by atoms with E-state index in [4.69, 9.17) is 4.52 Å². The van der Waals surface area contributed by atoms with E-state index >= 15 is 0 Å². The molecule has 0 saturated carbocycles. The zero-order valence-electron chi connectivity index (χ0n) is 12.1. The van der Waals surface area contributed by atoms with Gasteiger partial charge in [-0.25, -0.2) is 0 Å². The van der Waals surface area contributed by atoms with Crippen LogP contribution in [0.25, 0.3) is 10.9 Å². The third-order valence-corrected chi connectivity index (χ3v) is 3.68. The van der Waals surface area contributed by atoms with Gasteiger partial charge in [-0.15, -0.1) is 0 Å². The Kier molecular flexibility index (Phi) is 3.48. The Morgan fingerprint density at radius 1 is 1.33 bits per heavy atom. The average Bonchev–Trinajstić information content (AvgIpc) is 3.07. The number of nitrogens with zero attached hydrogens (tertiary/aromatic N) is 1. The quantitative estimate of drug-likeness (QED) is 0.773. The maximum atomic E-state index is 12.3. The number of aromatic nitrogens is 2. The molecule has 0 unspecified atom stereocenters. The third-order valence-electron chi connectivity index (χ3n) is 3.68. The molecule has 0 saturated heterocycles. The molecule has 0 atom stereocenters. The first kappa shape index (κ1) is 13.4. The highest BCUT2D eigenvalue weighted by molar-refractivity contribution is 6.06. The van der Waals surface area contributed by atoms with Crippen molar-refractivity contribution < 1.29 is 9.32 Å². The van der Waals surface area contributed by atoms with Gasteiger partial charge in [0.05, 0.1) is 5.69 Å². The molecule has 2 heterocycles. The number of amides is 1. The largest absolute Gasteiger partial charge is 0.361 e. The monoisotopic (exact) mass is 283 g/mol. The highest BCUT2D eigenvalue weighted by Crippen LogP contribution is 2.17. The van der Waals surface area contributed by atoms with Gasteiger partial charge >= 0.3 is 0 Å². The van der Waals surface area contributed by atoms with E-state index in [1.165, 1.54) is 0 Å². The fraction of sp³-hybridized carbons (Fsp3) is 0.250. The number of aryl methyl sites for hydroxylation is 2. The van der Waals surface area contributed by atoms with E-state index in [9.17, 15) is 4.79 Å². The minimum Gasteiger partial charge on any atom is -0.361 e. The summed E-state index contributed by atoms with van der Waals surface area (Å²) < 4.78 is 5.12. The number of carbonyl (C=O) groups excluding carboxylic acids is 1. The summed E-state index contributed by atoms with van der Waals surface area (Å²) in [7, 11) is 0. The Morgan fingerprint density at radius 2 is 2.19 bits per heavy atom. The molecule has 0 spiro atoms. The van der Waals surface area contributed by atoms with E-state index in [1.807, 2.05) is 44.3 Å². The summed E-state index contributed by atoms with van der Waals surface area (Å²) in [6, 6.07) is 7.58. The van der Waals surface area contributed by atoms with Gasteiger partial charge in [-0.05, 0) is 38.5 Å². The first-order valence-electron chi connectivity index (χ1n) is 6.93. The van der Waals surface area contributed by atoms with E-state index in [1.54, 1.807) is 0 Å². The molecule has 5 nitrogen and oxygen atoms in total. The van der Waals surface area contributed by atoms with Crippen LogP contribution in [0.15, 0.2) is 35.0 Å². The van der Waals surface area contributed by atoms with Crippen molar-refractivity contribution in [2.24, 2.45) is 0 Å². The van der Waals surface area contributed by atoms with Crippen LogP contribution in [0.5, 0.6) is 0 Å². The minimum absolute atomic E-state index is 0.0630. The van der Waals surface area contributed by atoms with Gasteiger partial charge in [0.25, 0.3) is 5.91 Å².